The smallest absolute Gasteiger partial charge is 0.124 e. The van der Waals surface area contributed by atoms with Crippen LogP contribution in [0.25, 0.3) is 0 Å². The first-order valence-corrected chi connectivity index (χ1v) is 7.10. The molecule has 0 aliphatic rings. The van der Waals surface area contributed by atoms with Gasteiger partial charge in [-0.3, -0.25) is 0 Å². The number of benzene rings is 1. The molecule has 96 valence electrons. The molecule has 1 aromatic carbocycles. The van der Waals surface area contributed by atoms with Crippen molar-refractivity contribution in [3.63, 3.8) is 0 Å². The lowest BCUT2D eigenvalue weighted by molar-refractivity contribution is 0.405. The van der Waals surface area contributed by atoms with Crippen LogP contribution < -0.4 is 10.5 Å². The second-order valence-electron chi connectivity index (χ2n) is 4.69. The van der Waals surface area contributed by atoms with Crippen LogP contribution in [0.2, 0.25) is 0 Å². The first-order valence-electron chi connectivity index (χ1n) is 6.11. The number of methoxy groups -OCH3 is 1. The molecule has 1 atom stereocenters. The predicted molar refractivity (Wildman–Crippen MR) is 75.8 cm³/mol. The number of nitrogens with two attached hydrogens (primary N) is 1. The molecule has 0 saturated carbocycles. The van der Waals surface area contributed by atoms with Crippen LogP contribution in [0, 0.1) is 5.92 Å². The summed E-state index contributed by atoms with van der Waals surface area (Å²) in [5.41, 5.74) is 7.16. The van der Waals surface area contributed by atoms with Gasteiger partial charge in [0.2, 0.25) is 0 Å². The molecule has 0 radical (unpaired) electrons. The summed E-state index contributed by atoms with van der Waals surface area (Å²) in [6, 6.07) is 6.15. The molecule has 2 N–H and O–H groups in total. The van der Waals surface area contributed by atoms with Gasteiger partial charge in [-0.05, 0) is 37.1 Å². The summed E-state index contributed by atoms with van der Waals surface area (Å²) in [6.45, 7) is 6.50. The highest BCUT2D eigenvalue weighted by Crippen LogP contribution is 2.34. The summed E-state index contributed by atoms with van der Waals surface area (Å²) in [5, 5.41) is 0. The van der Waals surface area contributed by atoms with E-state index in [2.05, 4.69) is 19.9 Å². The lowest BCUT2D eigenvalue weighted by atomic mass is 10.1. The molecule has 0 saturated heterocycles. The zero-order valence-electron chi connectivity index (χ0n) is 11.2. The van der Waals surface area contributed by atoms with Crippen LogP contribution >= 0.6 is 11.8 Å². The van der Waals surface area contributed by atoms with E-state index in [0.717, 1.165) is 23.0 Å². The van der Waals surface area contributed by atoms with Crippen LogP contribution in [-0.2, 0) is 0 Å². The van der Waals surface area contributed by atoms with Crippen molar-refractivity contribution in [2.75, 3.05) is 12.9 Å². The molecule has 17 heavy (non-hydrogen) atoms. The topological polar surface area (TPSA) is 35.2 Å². The number of ether oxygens (including phenoxy) is 1. The van der Waals surface area contributed by atoms with Crippen LogP contribution in [-0.4, -0.2) is 12.9 Å². The fraction of sp³-hybridized carbons (Fsp3) is 0.571. The van der Waals surface area contributed by atoms with Gasteiger partial charge in [-0.15, -0.1) is 11.8 Å². The summed E-state index contributed by atoms with van der Waals surface area (Å²) < 4.78 is 5.38. The molecule has 0 aliphatic heterocycles. The van der Waals surface area contributed by atoms with Crippen molar-refractivity contribution in [3.05, 3.63) is 23.8 Å². The van der Waals surface area contributed by atoms with E-state index in [1.165, 1.54) is 11.3 Å². The molecule has 3 heteroatoms. The van der Waals surface area contributed by atoms with Gasteiger partial charge in [-0.2, -0.15) is 0 Å². The number of hydrogen-bond acceptors (Lipinski definition) is 3. The Labute approximate surface area is 109 Å². The van der Waals surface area contributed by atoms with Crippen molar-refractivity contribution in [2.45, 2.75) is 38.1 Å². The van der Waals surface area contributed by atoms with Crippen molar-refractivity contribution in [1.29, 1.82) is 0 Å². The Morgan fingerprint density at radius 3 is 2.53 bits per heavy atom. The SMILES string of the molecule is COc1cccc(SCCC(C)C)c1C(C)N. The van der Waals surface area contributed by atoms with Gasteiger partial charge < -0.3 is 10.5 Å². The van der Waals surface area contributed by atoms with E-state index in [9.17, 15) is 0 Å². The van der Waals surface area contributed by atoms with Crippen molar-refractivity contribution >= 4 is 11.8 Å². The van der Waals surface area contributed by atoms with Gasteiger partial charge >= 0.3 is 0 Å². The fourth-order valence-corrected chi connectivity index (χ4v) is 3.11. The second kappa shape index (κ2) is 6.92. The molecule has 0 spiro atoms. The molecule has 0 amide bonds. The highest BCUT2D eigenvalue weighted by atomic mass is 32.2. The minimum absolute atomic E-state index is 0.00713. The highest BCUT2D eigenvalue weighted by molar-refractivity contribution is 7.99. The summed E-state index contributed by atoms with van der Waals surface area (Å²) >= 11 is 1.87. The summed E-state index contributed by atoms with van der Waals surface area (Å²) in [6.07, 6.45) is 1.22. The minimum atomic E-state index is 0.00713. The number of rotatable bonds is 6. The van der Waals surface area contributed by atoms with E-state index in [1.54, 1.807) is 7.11 Å². The van der Waals surface area contributed by atoms with E-state index in [1.807, 2.05) is 30.8 Å². The average molecular weight is 253 g/mol. The first kappa shape index (κ1) is 14.4. The van der Waals surface area contributed by atoms with Gasteiger partial charge in [0.05, 0.1) is 7.11 Å². The Hall–Kier alpha value is -0.670. The van der Waals surface area contributed by atoms with Gasteiger partial charge in [0.15, 0.2) is 0 Å². The van der Waals surface area contributed by atoms with Gasteiger partial charge in [0.1, 0.15) is 5.75 Å². The summed E-state index contributed by atoms with van der Waals surface area (Å²) in [4.78, 5) is 1.25. The zero-order valence-corrected chi connectivity index (χ0v) is 12.0. The van der Waals surface area contributed by atoms with Crippen LogP contribution in [0.1, 0.15) is 38.8 Å². The highest BCUT2D eigenvalue weighted by Gasteiger charge is 2.13. The maximum absolute atomic E-state index is 6.03. The average Bonchev–Trinajstić information content (AvgIpc) is 2.27. The molecule has 0 bridgehead atoms. The minimum Gasteiger partial charge on any atom is -0.496 e. The third kappa shape index (κ3) is 4.25. The van der Waals surface area contributed by atoms with Gasteiger partial charge in [-0.25, -0.2) is 0 Å². The predicted octanol–water partition coefficient (Wildman–Crippen LogP) is 3.85. The van der Waals surface area contributed by atoms with Crippen molar-refractivity contribution < 1.29 is 4.74 Å². The van der Waals surface area contributed by atoms with E-state index in [4.69, 9.17) is 10.5 Å². The maximum atomic E-state index is 6.03. The molecule has 1 rings (SSSR count). The largest absolute Gasteiger partial charge is 0.496 e. The third-order valence-corrected chi connectivity index (χ3v) is 3.76. The molecule has 0 aliphatic carbocycles. The van der Waals surface area contributed by atoms with E-state index in [0.29, 0.717) is 0 Å². The Kier molecular flexibility index (Phi) is 5.86. The molecule has 0 heterocycles. The van der Waals surface area contributed by atoms with Crippen LogP contribution in [0.5, 0.6) is 5.75 Å². The number of hydrogen-bond donors (Lipinski definition) is 1. The van der Waals surface area contributed by atoms with E-state index < -0.39 is 0 Å². The molecule has 0 fully saturated rings. The quantitative estimate of drug-likeness (QED) is 0.782. The molecular formula is C14H23NOS. The molecule has 0 aromatic heterocycles. The third-order valence-electron chi connectivity index (χ3n) is 2.65. The Bertz CT molecular complexity index is 350. The molecule has 1 aromatic rings. The van der Waals surface area contributed by atoms with Gasteiger partial charge in [0.25, 0.3) is 0 Å². The van der Waals surface area contributed by atoms with E-state index >= 15 is 0 Å². The van der Waals surface area contributed by atoms with Crippen LogP contribution in [0.4, 0.5) is 0 Å². The second-order valence-corrected chi connectivity index (χ2v) is 5.83. The normalized spacial score (nSPS) is 12.8. The van der Waals surface area contributed by atoms with Crippen molar-refractivity contribution in [1.82, 2.24) is 0 Å². The summed E-state index contributed by atoms with van der Waals surface area (Å²) in [7, 11) is 1.70. The van der Waals surface area contributed by atoms with E-state index in [-0.39, 0.29) is 6.04 Å². The first-order chi connectivity index (χ1) is 8.06. The fourth-order valence-electron chi connectivity index (χ4n) is 1.68. The summed E-state index contributed by atoms with van der Waals surface area (Å²) in [5.74, 6) is 2.77. The molecular weight excluding hydrogens is 230 g/mol. The Balaban J connectivity index is 2.83. The zero-order chi connectivity index (χ0) is 12.8. The van der Waals surface area contributed by atoms with Crippen LogP contribution in [0.3, 0.4) is 0 Å². The lowest BCUT2D eigenvalue weighted by Crippen LogP contribution is -2.08. The van der Waals surface area contributed by atoms with Crippen LogP contribution in [0.15, 0.2) is 23.1 Å². The standard InChI is InChI=1S/C14H23NOS/c1-10(2)8-9-17-13-7-5-6-12(16-4)14(13)11(3)15/h5-7,10-11H,8-9,15H2,1-4H3. The molecule has 1 unspecified atom stereocenters. The number of thioether (sulfide) groups is 1. The maximum Gasteiger partial charge on any atom is 0.124 e. The Morgan fingerprint density at radius 2 is 2.00 bits per heavy atom. The van der Waals surface area contributed by atoms with Crippen molar-refractivity contribution in [3.8, 4) is 5.75 Å². The van der Waals surface area contributed by atoms with Gasteiger partial charge in [0, 0.05) is 16.5 Å². The van der Waals surface area contributed by atoms with Gasteiger partial charge in [-0.1, -0.05) is 19.9 Å². The Morgan fingerprint density at radius 1 is 1.29 bits per heavy atom. The van der Waals surface area contributed by atoms with Crippen molar-refractivity contribution in [2.24, 2.45) is 11.7 Å². The molecule has 2 nitrogen and oxygen atoms in total. The monoisotopic (exact) mass is 253 g/mol. The lowest BCUT2D eigenvalue weighted by Gasteiger charge is -2.16.